The van der Waals surface area contributed by atoms with E-state index in [4.69, 9.17) is 5.11 Å². The van der Waals surface area contributed by atoms with Crippen molar-refractivity contribution in [1.82, 2.24) is 5.32 Å². The second-order valence-corrected chi connectivity index (χ2v) is 5.15. The van der Waals surface area contributed by atoms with Crippen LogP contribution in [0.3, 0.4) is 0 Å². The minimum absolute atomic E-state index is 0.376. The van der Waals surface area contributed by atoms with Crippen molar-refractivity contribution in [2.45, 2.75) is 13.0 Å². The largest absolute Gasteiger partial charge is 0.478 e. The molecule has 1 aromatic carbocycles. The minimum atomic E-state index is -1.50. The molecule has 2 aromatic rings. The van der Waals surface area contributed by atoms with Crippen molar-refractivity contribution in [3.8, 4) is 0 Å². The molecule has 4 nitrogen and oxygen atoms in total. The number of hydrogen-bond donors (Lipinski definition) is 2. The third-order valence-corrected chi connectivity index (χ3v) is 3.63. The van der Waals surface area contributed by atoms with Crippen molar-refractivity contribution in [3.63, 3.8) is 0 Å². The van der Waals surface area contributed by atoms with Crippen molar-refractivity contribution in [1.29, 1.82) is 0 Å². The standard InChI is InChI=1S/C14H11F2NO3S/c1-7(8-2-3-21-6-8)17-13(18)9-4-11(15)12(16)5-10(9)14(19)20/h2-7H,1H3,(H,17,18)(H,19,20). The van der Waals surface area contributed by atoms with Gasteiger partial charge >= 0.3 is 5.97 Å². The number of carboxylic acid groups (broad SMARTS) is 1. The van der Waals surface area contributed by atoms with Crippen LogP contribution in [-0.4, -0.2) is 17.0 Å². The van der Waals surface area contributed by atoms with Crippen LogP contribution in [0.4, 0.5) is 8.78 Å². The Morgan fingerprint density at radius 2 is 1.86 bits per heavy atom. The van der Waals surface area contributed by atoms with E-state index in [1.807, 2.05) is 10.8 Å². The van der Waals surface area contributed by atoms with Crippen LogP contribution in [0.1, 0.15) is 39.2 Å². The molecule has 21 heavy (non-hydrogen) atoms. The van der Waals surface area contributed by atoms with Gasteiger partial charge in [0.25, 0.3) is 5.91 Å². The summed E-state index contributed by atoms with van der Waals surface area (Å²) in [4.78, 5) is 23.1. The van der Waals surface area contributed by atoms with E-state index in [9.17, 15) is 18.4 Å². The summed E-state index contributed by atoms with van der Waals surface area (Å²) in [6.07, 6.45) is 0. The summed E-state index contributed by atoms with van der Waals surface area (Å²) in [6.45, 7) is 1.71. The summed E-state index contributed by atoms with van der Waals surface area (Å²) in [7, 11) is 0. The molecular formula is C14H11F2NO3S. The van der Waals surface area contributed by atoms with E-state index < -0.39 is 34.6 Å². The van der Waals surface area contributed by atoms with Crippen molar-refractivity contribution in [3.05, 3.63) is 57.3 Å². The zero-order valence-corrected chi connectivity index (χ0v) is 11.7. The van der Waals surface area contributed by atoms with Crippen LogP contribution in [-0.2, 0) is 0 Å². The fourth-order valence-corrected chi connectivity index (χ4v) is 2.54. The molecule has 1 heterocycles. The van der Waals surface area contributed by atoms with Crippen molar-refractivity contribution in [2.75, 3.05) is 0 Å². The molecule has 0 radical (unpaired) electrons. The first-order valence-corrected chi connectivity index (χ1v) is 6.89. The molecule has 1 atom stereocenters. The Balaban J connectivity index is 2.30. The summed E-state index contributed by atoms with van der Waals surface area (Å²) in [6, 6.07) is 2.52. The van der Waals surface area contributed by atoms with Gasteiger partial charge in [0.15, 0.2) is 11.6 Å². The highest BCUT2D eigenvalue weighted by molar-refractivity contribution is 7.07. The monoisotopic (exact) mass is 311 g/mol. The van der Waals surface area contributed by atoms with Gasteiger partial charge in [0, 0.05) is 0 Å². The number of thiophene rings is 1. The molecular weight excluding hydrogens is 300 g/mol. The number of nitrogens with one attached hydrogen (secondary N) is 1. The lowest BCUT2D eigenvalue weighted by Gasteiger charge is -2.14. The maximum Gasteiger partial charge on any atom is 0.336 e. The average molecular weight is 311 g/mol. The van der Waals surface area contributed by atoms with Crippen LogP contribution in [0.25, 0.3) is 0 Å². The minimum Gasteiger partial charge on any atom is -0.478 e. The van der Waals surface area contributed by atoms with Crippen molar-refractivity contribution in [2.24, 2.45) is 0 Å². The molecule has 0 saturated carbocycles. The summed E-state index contributed by atoms with van der Waals surface area (Å²) in [5.74, 6) is -4.85. The van der Waals surface area contributed by atoms with Gasteiger partial charge < -0.3 is 10.4 Å². The third kappa shape index (κ3) is 3.25. The quantitative estimate of drug-likeness (QED) is 0.911. The summed E-state index contributed by atoms with van der Waals surface area (Å²) in [5, 5.41) is 15.2. The molecule has 0 spiro atoms. The van der Waals surface area contributed by atoms with E-state index in [1.165, 1.54) is 11.3 Å². The van der Waals surface area contributed by atoms with E-state index in [-0.39, 0.29) is 6.04 Å². The molecule has 0 aliphatic carbocycles. The summed E-state index contributed by atoms with van der Waals surface area (Å²) >= 11 is 1.45. The van der Waals surface area contributed by atoms with Crippen LogP contribution in [0.2, 0.25) is 0 Å². The smallest absolute Gasteiger partial charge is 0.336 e. The number of halogens is 2. The second-order valence-electron chi connectivity index (χ2n) is 4.37. The van der Waals surface area contributed by atoms with E-state index in [0.29, 0.717) is 12.1 Å². The van der Waals surface area contributed by atoms with Gasteiger partial charge in [0.1, 0.15) is 0 Å². The molecule has 7 heteroatoms. The number of carbonyl (C=O) groups is 2. The normalized spacial score (nSPS) is 12.0. The van der Waals surface area contributed by atoms with Gasteiger partial charge in [-0.1, -0.05) is 0 Å². The van der Waals surface area contributed by atoms with Crippen LogP contribution in [0.5, 0.6) is 0 Å². The average Bonchev–Trinajstić information content (AvgIpc) is 2.95. The zero-order valence-electron chi connectivity index (χ0n) is 10.9. The van der Waals surface area contributed by atoms with Crippen LogP contribution in [0.15, 0.2) is 29.0 Å². The number of carboxylic acids is 1. The highest BCUT2D eigenvalue weighted by Crippen LogP contribution is 2.19. The molecule has 1 unspecified atom stereocenters. The highest BCUT2D eigenvalue weighted by Gasteiger charge is 2.21. The number of benzene rings is 1. The molecule has 0 saturated heterocycles. The van der Waals surface area contributed by atoms with E-state index in [1.54, 1.807) is 13.0 Å². The fourth-order valence-electron chi connectivity index (χ4n) is 1.79. The molecule has 2 N–H and O–H groups in total. The number of rotatable bonds is 4. The van der Waals surface area contributed by atoms with Crippen LogP contribution >= 0.6 is 11.3 Å². The molecule has 2 rings (SSSR count). The number of hydrogen-bond acceptors (Lipinski definition) is 3. The Morgan fingerprint density at radius 3 is 2.38 bits per heavy atom. The molecule has 110 valence electrons. The summed E-state index contributed by atoms with van der Waals surface area (Å²) < 4.78 is 26.3. The Bertz CT molecular complexity index is 686. The van der Waals surface area contributed by atoms with Crippen molar-refractivity contribution < 1.29 is 23.5 Å². The van der Waals surface area contributed by atoms with Gasteiger partial charge in [-0.3, -0.25) is 4.79 Å². The maximum absolute atomic E-state index is 13.2. The Hall–Kier alpha value is -2.28. The molecule has 0 aliphatic heterocycles. The lowest BCUT2D eigenvalue weighted by molar-refractivity contribution is 0.0689. The first-order valence-electron chi connectivity index (χ1n) is 5.95. The maximum atomic E-state index is 13.2. The van der Waals surface area contributed by atoms with E-state index in [2.05, 4.69) is 5.32 Å². The predicted octanol–water partition coefficient (Wildman–Crippen LogP) is 3.22. The van der Waals surface area contributed by atoms with Gasteiger partial charge in [-0.15, -0.1) is 0 Å². The van der Waals surface area contributed by atoms with Gasteiger partial charge in [-0.25, -0.2) is 13.6 Å². The number of carbonyl (C=O) groups excluding carboxylic acids is 1. The third-order valence-electron chi connectivity index (χ3n) is 2.93. The lowest BCUT2D eigenvalue weighted by Crippen LogP contribution is -2.28. The van der Waals surface area contributed by atoms with Gasteiger partial charge in [0.2, 0.25) is 0 Å². The van der Waals surface area contributed by atoms with Gasteiger partial charge in [0.05, 0.1) is 17.2 Å². The van der Waals surface area contributed by atoms with Crippen LogP contribution < -0.4 is 5.32 Å². The Labute approximate surface area is 123 Å². The lowest BCUT2D eigenvalue weighted by atomic mass is 10.1. The molecule has 0 bridgehead atoms. The van der Waals surface area contributed by atoms with E-state index in [0.717, 1.165) is 5.56 Å². The number of aromatic carboxylic acids is 1. The molecule has 0 fully saturated rings. The predicted molar refractivity (Wildman–Crippen MR) is 73.5 cm³/mol. The first-order chi connectivity index (χ1) is 9.90. The van der Waals surface area contributed by atoms with Crippen molar-refractivity contribution >= 4 is 23.2 Å². The Kier molecular flexibility index (Phi) is 4.32. The number of amides is 1. The second kappa shape index (κ2) is 6.01. The zero-order chi connectivity index (χ0) is 15.6. The first kappa shape index (κ1) is 15.1. The fraction of sp³-hybridized carbons (Fsp3) is 0.143. The van der Waals surface area contributed by atoms with Gasteiger partial charge in [-0.05, 0) is 41.4 Å². The molecule has 0 aliphatic rings. The molecule has 1 aromatic heterocycles. The van der Waals surface area contributed by atoms with E-state index >= 15 is 0 Å². The highest BCUT2D eigenvalue weighted by atomic mass is 32.1. The van der Waals surface area contributed by atoms with Crippen LogP contribution in [0, 0.1) is 11.6 Å². The summed E-state index contributed by atoms with van der Waals surface area (Å²) in [5.41, 5.74) is -0.153. The topological polar surface area (TPSA) is 66.4 Å². The SMILES string of the molecule is CC(NC(=O)c1cc(F)c(F)cc1C(=O)O)c1ccsc1. The molecule has 1 amide bonds. The Morgan fingerprint density at radius 1 is 1.24 bits per heavy atom. The van der Waals surface area contributed by atoms with Gasteiger partial charge in [-0.2, -0.15) is 11.3 Å².